The van der Waals surface area contributed by atoms with Crippen LogP contribution in [0.4, 0.5) is 15.0 Å². The zero-order valence-corrected chi connectivity index (χ0v) is 17.8. The number of pyridine rings is 1. The van der Waals surface area contributed by atoms with Crippen molar-refractivity contribution in [1.29, 1.82) is 0 Å². The third-order valence-corrected chi connectivity index (χ3v) is 6.08. The summed E-state index contributed by atoms with van der Waals surface area (Å²) in [6.07, 6.45) is -0.0323. The first-order valence-electron chi connectivity index (χ1n) is 9.32. The third-order valence-electron chi connectivity index (χ3n) is 5.63. The number of amides is 3. The maximum atomic E-state index is 14.5. The average molecular weight is 467 g/mol. The molecule has 1 aromatic carbocycles. The van der Waals surface area contributed by atoms with Gasteiger partial charge < -0.3 is 14.9 Å². The van der Waals surface area contributed by atoms with Gasteiger partial charge >= 0.3 is 6.09 Å². The molecule has 8 nitrogen and oxygen atoms in total. The van der Waals surface area contributed by atoms with Crippen molar-refractivity contribution in [2.24, 2.45) is 0 Å². The zero-order chi connectivity index (χ0) is 22.5. The number of aromatic nitrogens is 1. The van der Waals surface area contributed by atoms with Crippen LogP contribution >= 0.6 is 23.2 Å². The van der Waals surface area contributed by atoms with Crippen molar-refractivity contribution in [2.75, 3.05) is 24.5 Å². The Hall–Kier alpha value is -2.91. The molecule has 2 aromatic rings. The molecule has 1 N–H and O–H groups in total. The van der Waals surface area contributed by atoms with Crippen LogP contribution < -0.4 is 4.90 Å². The third kappa shape index (κ3) is 3.47. The molecule has 4 rings (SSSR count). The minimum atomic E-state index is -1.47. The molecule has 0 radical (unpaired) electrons. The highest BCUT2D eigenvalue weighted by Crippen LogP contribution is 2.41. The van der Waals surface area contributed by atoms with E-state index in [1.165, 1.54) is 11.1 Å². The molecule has 0 bridgehead atoms. The number of anilines is 1. The molecule has 1 atom stereocenters. The van der Waals surface area contributed by atoms with Crippen molar-refractivity contribution < 1.29 is 23.9 Å². The number of carbonyl (C=O) groups is 3. The van der Waals surface area contributed by atoms with Gasteiger partial charge in [-0.15, -0.1) is 0 Å². The molecule has 162 valence electrons. The largest absolute Gasteiger partial charge is 0.465 e. The van der Waals surface area contributed by atoms with Gasteiger partial charge in [0.2, 0.25) is 5.91 Å². The number of hydrogen-bond donors (Lipinski definition) is 1. The van der Waals surface area contributed by atoms with Crippen molar-refractivity contribution in [2.45, 2.75) is 18.5 Å². The first-order valence-corrected chi connectivity index (χ1v) is 10.1. The number of halogens is 3. The summed E-state index contributed by atoms with van der Waals surface area (Å²) in [5, 5.41) is 9.89. The lowest BCUT2D eigenvalue weighted by Gasteiger charge is -2.58. The Balaban J connectivity index is 1.75. The Morgan fingerprint density at radius 2 is 1.84 bits per heavy atom. The van der Waals surface area contributed by atoms with Crippen LogP contribution in [0.25, 0.3) is 0 Å². The fraction of sp³-hybridized carbons (Fsp3) is 0.300. The Kier molecular flexibility index (Phi) is 5.26. The van der Waals surface area contributed by atoms with E-state index in [4.69, 9.17) is 23.2 Å². The van der Waals surface area contributed by atoms with E-state index in [1.54, 1.807) is 31.2 Å². The van der Waals surface area contributed by atoms with Gasteiger partial charge in [0, 0.05) is 11.2 Å². The fourth-order valence-electron chi connectivity index (χ4n) is 4.14. The number of nitrogens with zero attached hydrogens (tertiary/aromatic N) is 4. The summed E-state index contributed by atoms with van der Waals surface area (Å²) in [4.78, 5) is 45.4. The van der Waals surface area contributed by atoms with Gasteiger partial charge in [0.1, 0.15) is 6.54 Å². The summed E-state index contributed by atoms with van der Waals surface area (Å²) < 4.78 is 14.5. The second kappa shape index (κ2) is 7.65. The minimum Gasteiger partial charge on any atom is -0.465 e. The van der Waals surface area contributed by atoms with E-state index in [0.717, 1.165) is 21.4 Å². The Bertz CT molecular complexity index is 1080. The minimum absolute atomic E-state index is 0.0467. The van der Waals surface area contributed by atoms with Crippen molar-refractivity contribution in [3.05, 3.63) is 58.0 Å². The molecule has 0 saturated carbocycles. The molecule has 1 aromatic heterocycles. The van der Waals surface area contributed by atoms with E-state index in [-0.39, 0.29) is 23.9 Å². The lowest BCUT2D eigenvalue weighted by Crippen LogP contribution is -2.81. The quantitative estimate of drug-likeness (QED) is 0.749. The summed E-state index contributed by atoms with van der Waals surface area (Å²) in [7, 11) is 0. The van der Waals surface area contributed by atoms with E-state index in [0.29, 0.717) is 5.02 Å². The monoisotopic (exact) mass is 466 g/mol. The molecule has 3 heterocycles. The highest BCUT2D eigenvalue weighted by Gasteiger charge is 2.62. The second-order valence-corrected chi connectivity index (χ2v) is 8.38. The van der Waals surface area contributed by atoms with Crippen LogP contribution in [-0.4, -0.2) is 63.0 Å². The van der Waals surface area contributed by atoms with Crippen LogP contribution in [0.2, 0.25) is 10.0 Å². The lowest BCUT2D eigenvalue weighted by atomic mass is 9.82. The Morgan fingerprint density at radius 3 is 2.42 bits per heavy atom. The fourth-order valence-corrected chi connectivity index (χ4v) is 4.41. The van der Waals surface area contributed by atoms with Gasteiger partial charge in [-0.2, -0.15) is 0 Å². The molecule has 0 unspecified atom stereocenters. The summed E-state index contributed by atoms with van der Waals surface area (Å²) >= 11 is 11.7. The van der Waals surface area contributed by atoms with Gasteiger partial charge in [0.25, 0.3) is 5.91 Å². The Morgan fingerprint density at radius 1 is 1.19 bits per heavy atom. The molecular weight excluding hydrogens is 450 g/mol. The molecule has 2 aliphatic heterocycles. The first kappa shape index (κ1) is 21.3. The number of likely N-dealkylation sites (tertiary alicyclic amines) is 1. The molecule has 3 amide bonds. The molecule has 11 heteroatoms. The van der Waals surface area contributed by atoms with Gasteiger partial charge in [-0.1, -0.05) is 35.3 Å². The molecule has 1 spiro atoms. The standard InChI is InChI=1S/C20H17Cl2FN4O4/c1-11(12-2-4-13(21)5-3-12)27-16(28)8-26(17-15(23)6-14(22)7-24-17)18(29)20(27)9-25(10-20)19(30)31/h2-7,11H,8-10H2,1H3,(H,30,31)/t11-/m0/s1. The predicted octanol–water partition coefficient (Wildman–Crippen LogP) is 3.20. The van der Waals surface area contributed by atoms with Gasteiger partial charge in [-0.05, 0) is 30.7 Å². The Labute approximate surface area is 186 Å². The molecule has 2 aliphatic rings. The van der Waals surface area contributed by atoms with Gasteiger partial charge in [-0.3, -0.25) is 14.5 Å². The van der Waals surface area contributed by atoms with E-state index in [9.17, 15) is 23.9 Å². The van der Waals surface area contributed by atoms with Crippen molar-refractivity contribution >= 4 is 46.9 Å². The van der Waals surface area contributed by atoms with Crippen LogP contribution in [0.15, 0.2) is 36.5 Å². The number of rotatable bonds is 3. The highest BCUT2D eigenvalue weighted by molar-refractivity contribution is 6.30. The number of piperazine rings is 1. The van der Waals surface area contributed by atoms with E-state index < -0.39 is 41.9 Å². The maximum absolute atomic E-state index is 14.5. The van der Waals surface area contributed by atoms with E-state index >= 15 is 0 Å². The van der Waals surface area contributed by atoms with Crippen molar-refractivity contribution in [1.82, 2.24) is 14.8 Å². The normalized spacial score (nSPS) is 18.9. The number of hydrogen-bond acceptors (Lipinski definition) is 4. The predicted molar refractivity (Wildman–Crippen MR) is 111 cm³/mol. The van der Waals surface area contributed by atoms with Crippen molar-refractivity contribution in [3.63, 3.8) is 0 Å². The lowest BCUT2D eigenvalue weighted by molar-refractivity contribution is -0.165. The van der Waals surface area contributed by atoms with Gasteiger partial charge in [0.15, 0.2) is 17.2 Å². The molecule has 2 fully saturated rings. The molecule has 31 heavy (non-hydrogen) atoms. The van der Waals surface area contributed by atoms with E-state index in [1.807, 2.05) is 0 Å². The molecular formula is C20H17Cl2FN4O4. The summed E-state index contributed by atoms with van der Waals surface area (Å²) in [6.45, 7) is 0.862. The van der Waals surface area contributed by atoms with E-state index in [2.05, 4.69) is 4.98 Å². The van der Waals surface area contributed by atoms with Crippen LogP contribution in [0.1, 0.15) is 18.5 Å². The number of benzene rings is 1. The average Bonchev–Trinajstić information content (AvgIpc) is 2.67. The summed E-state index contributed by atoms with van der Waals surface area (Å²) in [5.74, 6) is -2.23. The van der Waals surface area contributed by atoms with Gasteiger partial charge in [-0.25, -0.2) is 14.2 Å². The zero-order valence-electron chi connectivity index (χ0n) is 16.3. The van der Waals surface area contributed by atoms with Crippen LogP contribution in [-0.2, 0) is 9.59 Å². The maximum Gasteiger partial charge on any atom is 0.407 e. The van der Waals surface area contributed by atoms with Crippen molar-refractivity contribution in [3.8, 4) is 0 Å². The molecule has 0 aliphatic carbocycles. The number of carbonyl (C=O) groups excluding carboxylic acids is 2. The van der Waals surface area contributed by atoms with Crippen LogP contribution in [0, 0.1) is 5.82 Å². The number of carboxylic acid groups (broad SMARTS) is 1. The van der Waals surface area contributed by atoms with Crippen LogP contribution in [0.5, 0.6) is 0 Å². The van der Waals surface area contributed by atoms with Crippen LogP contribution in [0.3, 0.4) is 0 Å². The topological polar surface area (TPSA) is 94.1 Å². The summed E-state index contributed by atoms with van der Waals surface area (Å²) in [6, 6.07) is 7.26. The van der Waals surface area contributed by atoms with Gasteiger partial charge in [0.05, 0.1) is 24.2 Å². The highest BCUT2D eigenvalue weighted by atomic mass is 35.5. The first-order chi connectivity index (χ1) is 14.6. The second-order valence-electron chi connectivity index (χ2n) is 7.51. The SMILES string of the molecule is C[C@@H](c1ccc(Cl)cc1)N1C(=O)CN(c2ncc(Cl)cc2F)C(=O)C12CN(C(=O)O)C2. The smallest absolute Gasteiger partial charge is 0.407 e. The molecule has 2 saturated heterocycles. The summed E-state index contributed by atoms with van der Waals surface area (Å²) in [5.41, 5.74) is -0.747.